The molecule has 0 bridgehead atoms. The third-order valence-corrected chi connectivity index (χ3v) is 4.36. The van der Waals surface area contributed by atoms with E-state index in [0.717, 1.165) is 12.2 Å². The van der Waals surface area contributed by atoms with E-state index < -0.39 is 0 Å². The molecule has 0 aliphatic carbocycles. The largest absolute Gasteiger partial charge is 0.257 e. The van der Waals surface area contributed by atoms with Crippen LogP contribution in [0.5, 0.6) is 0 Å². The van der Waals surface area contributed by atoms with E-state index >= 15 is 0 Å². The number of aromatic nitrogens is 3. The number of hydrogen-bond donors (Lipinski definition) is 0. The average Bonchev–Trinajstić information content (AvgIpc) is 3.03. The van der Waals surface area contributed by atoms with Crippen LogP contribution in [0.1, 0.15) is 56.4 Å². The quantitative estimate of drug-likeness (QED) is 0.636. The van der Waals surface area contributed by atoms with Gasteiger partial charge in [0.15, 0.2) is 0 Å². The second kappa shape index (κ2) is 7.00. The van der Waals surface area contributed by atoms with E-state index in [-0.39, 0.29) is 0 Å². The first-order chi connectivity index (χ1) is 11.6. The van der Waals surface area contributed by atoms with E-state index in [2.05, 4.69) is 84.8 Å². The number of benzene rings is 1. The molecule has 0 amide bonds. The van der Waals surface area contributed by atoms with Crippen molar-refractivity contribution in [3.8, 4) is 5.69 Å². The van der Waals surface area contributed by atoms with Gasteiger partial charge in [0, 0.05) is 17.3 Å². The van der Waals surface area contributed by atoms with Crippen LogP contribution in [0.25, 0.3) is 5.69 Å². The van der Waals surface area contributed by atoms with E-state index in [4.69, 9.17) is 0 Å². The summed E-state index contributed by atoms with van der Waals surface area (Å²) in [5, 5.41) is 0. The number of nitrogens with zero attached hydrogens (tertiary/aromatic N) is 3. The number of rotatable bonds is 5. The average molecular weight is 320 g/mol. The summed E-state index contributed by atoms with van der Waals surface area (Å²) in [7, 11) is 0. The Balaban J connectivity index is 2.00. The van der Waals surface area contributed by atoms with Gasteiger partial charge < -0.3 is 0 Å². The SMILES string of the molecule is CC(C)c1cccc(C(C)C)c1-n1cc[n+](Cc2ccccn2)c1. The highest BCUT2D eigenvalue weighted by atomic mass is 15.1. The minimum Gasteiger partial charge on any atom is -0.257 e. The summed E-state index contributed by atoms with van der Waals surface area (Å²) in [6.07, 6.45) is 8.28. The molecule has 3 rings (SSSR count). The van der Waals surface area contributed by atoms with Gasteiger partial charge in [-0.1, -0.05) is 52.0 Å². The van der Waals surface area contributed by atoms with Crippen LogP contribution < -0.4 is 4.57 Å². The third kappa shape index (κ3) is 3.40. The highest BCUT2D eigenvalue weighted by Gasteiger charge is 2.20. The van der Waals surface area contributed by atoms with Crippen molar-refractivity contribution in [2.75, 3.05) is 0 Å². The molecule has 0 saturated carbocycles. The van der Waals surface area contributed by atoms with E-state index in [1.54, 1.807) is 0 Å². The summed E-state index contributed by atoms with van der Waals surface area (Å²) in [6.45, 7) is 9.82. The van der Waals surface area contributed by atoms with Gasteiger partial charge in [-0.15, -0.1) is 0 Å². The molecular weight excluding hydrogens is 294 g/mol. The standard InChI is InChI=1S/C21H26N3/c1-16(2)19-9-7-10-20(17(3)4)21(19)24-13-12-23(15-24)14-18-8-5-6-11-22-18/h5-13,15-17H,14H2,1-4H3/q+1. The molecule has 0 N–H and O–H groups in total. The van der Waals surface area contributed by atoms with Crippen LogP contribution in [0, 0.1) is 0 Å². The Morgan fingerprint density at radius 1 is 0.958 bits per heavy atom. The second-order valence-corrected chi connectivity index (χ2v) is 6.91. The molecule has 3 heteroatoms. The highest BCUT2D eigenvalue weighted by molar-refractivity contribution is 5.50. The van der Waals surface area contributed by atoms with Crippen LogP contribution in [0.3, 0.4) is 0 Å². The Labute approximate surface area is 144 Å². The molecule has 1 aromatic carbocycles. The third-order valence-electron chi connectivity index (χ3n) is 4.36. The molecule has 0 unspecified atom stereocenters. The van der Waals surface area contributed by atoms with Gasteiger partial charge in [-0.05, 0) is 24.0 Å². The lowest BCUT2D eigenvalue weighted by molar-refractivity contribution is -0.688. The van der Waals surface area contributed by atoms with Gasteiger partial charge in [-0.2, -0.15) is 0 Å². The smallest absolute Gasteiger partial charge is 0.249 e. The van der Waals surface area contributed by atoms with Crippen molar-refractivity contribution in [1.29, 1.82) is 0 Å². The molecule has 0 fully saturated rings. The topological polar surface area (TPSA) is 21.7 Å². The predicted molar refractivity (Wildman–Crippen MR) is 97.5 cm³/mol. The summed E-state index contributed by atoms with van der Waals surface area (Å²) >= 11 is 0. The van der Waals surface area contributed by atoms with Crippen molar-refractivity contribution in [3.05, 3.63) is 78.1 Å². The molecule has 3 aromatic rings. The first-order valence-electron chi connectivity index (χ1n) is 8.66. The molecule has 2 aromatic heterocycles. The van der Waals surface area contributed by atoms with Gasteiger partial charge in [0.1, 0.15) is 24.6 Å². The Morgan fingerprint density at radius 3 is 2.25 bits per heavy atom. The minimum absolute atomic E-state index is 0.491. The van der Waals surface area contributed by atoms with E-state index in [1.165, 1.54) is 16.8 Å². The lowest BCUT2D eigenvalue weighted by Gasteiger charge is -2.16. The van der Waals surface area contributed by atoms with Gasteiger partial charge in [-0.25, -0.2) is 9.13 Å². The molecule has 0 aliphatic rings. The molecule has 0 aliphatic heterocycles. The molecular formula is C21H26N3+. The molecule has 124 valence electrons. The molecule has 2 heterocycles. The molecule has 0 saturated heterocycles. The van der Waals surface area contributed by atoms with E-state index in [1.807, 2.05) is 18.3 Å². The van der Waals surface area contributed by atoms with Crippen LogP contribution in [0.2, 0.25) is 0 Å². The number of hydrogen-bond acceptors (Lipinski definition) is 1. The van der Waals surface area contributed by atoms with Gasteiger partial charge in [0.2, 0.25) is 6.33 Å². The number of imidazole rings is 1. The second-order valence-electron chi connectivity index (χ2n) is 6.91. The van der Waals surface area contributed by atoms with Crippen LogP contribution in [-0.4, -0.2) is 9.55 Å². The maximum atomic E-state index is 4.42. The van der Waals surface area contributed by atoms with Crippen molar-refractivity contribution >= 4 is 0 Å². The van der Waals surface area contributed by atoms with Gasteiger partial charge >= 0.3 is 0 Å². The Morgan fingerprint density at radius 2 is 1.67 bits per heavy atom. The van der Waals surface area contributed by atoms with Crippen molar-refractivity contribution in [3.63, 3.8) is 0 Å². The maximum Gasteiger partial charge on any atom is 0.249 e. The number of pyridine rings is 1. The van der Waals surface area contributed by atoms with Crippen molar-refractivity contribution in [2.45, 2.75) is 46.1 Å². The van der Waals surface area contributed by atoms with Crippen molar-refractivity contribution in [1.82, 2.24) is 9.55 Å². The van der Waals surface area contributed by atoms with Crippen LogP contribution in [0.4, 0.5) is 0 Å². The predicted octanol–water partition coefficient (Wildman–Crippen LogP) is 4.45. The molecule has 0 atom stereocenters. The summed E-state index contributed by atoms with van der Waals surface area (Å²) in [6, 6.07) is 12.7. The van der Waals surface area contributed by atoms with Crippen molar-refractivity contribution in [2.24, 2.45) is 0 Å². The molecule has 24 heavy (non-hydrogen) atoms. The Bertz CT molecular complexity index is 775. The first kappa shape index (κ1) is 16.4. The van der Waals surface area contributed by atoms with Gasteiger partial charge in [0.25, 0.3) is 0 Å². The summed E-state index contributed by atoms with van der Waals surface area (Å²) in [5.41, 5.74) is 5.17. The summed E-state index contributed by atoms with van der Waals surface area (Å²) in [5.74, 6) is 0.982. The normalized spacial score (nSPS) is 11.4. The summed E-state index contributed by atoms with van der Waals surface area (Å²) in [4.78, 5) is 4.42. The zero-order valence-corrected chi connectivity index (χ0v) is 15.0. The van der Waals surface area contributed by atoms with E-state index in [0.29, 0.717) is 11.8 Å². The highest BCUT2D eigenvalue weighted by Crippen LogP contribution is 2.30. The minimum atomic E-state index is 0.491. The number of para-hydroxylation sites is 1. The molecule has 0 spiro atoms. The fourth-order valence-corrected chi connectivity index (χ4v) is 3.11. The molecule has 3 nitrogen and oxygen atoms in total. The maximum absolute atomic E-state index is 4.42. The van der Waals surface area contributed by atoms with Crippen molar-refractivity contribution < 1.29 is 4.57 Å². The monoisotopic (exact) mass is 320 g/mol. The lowest BCUT2D eigenvalue weighted by atomic mass is 9.92. The zero-order chi connectivity index (χ0) is 17.1. The Kier molecular flexibility index (Phi) is 4.79. The van der Waals surface area contributed by atoms with Crippen LogP contribution >= 0.6 is 0 Å². The van der Waals surface area contributed by atoms with Gasteiger partial charge in [0.05, 0.1) is 5.69 Å². The van der Waals surface area contributed by atoms with E-state index in [9.17, 15) is 0 Å². The first-order valence-corrected chi connectivity index (χ1v) is 8.66. The van der Waals surface area contributed by atoms with Crippen LogP contribution in [0.15, 0.2) is 61.3 Å². The zero-order valence-electron chi connectivity index (χ0n) is 15.0. The Hall–Kier alpha value is -2.42. The lowest BCUT2D eigenvalue weighted by Crippen LogP contribution is -2.32. The fraction of sp³-hybridized carbons (Fsp3) is 0.333. The molecule has 0 radical (unpaired) electrons. The fourth-order valence-electron chi connectivity index (χ4n) is 3.11. The summed E-state index contributed by atoms with van der Waals surface area (Å²) < 4.78 is 4.44. The van der Waals surface area contributed by atoms with Crippen LogP contribution in [-0.2, 0) is 6.54 Å². The van der Waals surface area contributed by atoms with Gasteiger partial charge in [-0.3, -0.25) is 4.98 Å².